The van der Waals surface area contributed by atoms with Crippen molar-refractivity contribution in [3.05, 3.63) is 23.8 Å². The quantitative estimate of drug-likeness (QED) is 0.741. The van der Waals surface area contributed by atoms with Gasteiger partial charge in [0.25, 0.3) is 5.91 Å². The lowest BCUT2D eigenvalue weighted by Gasteiger charge is -2.22. The van der Waals surface area contributed by atoms with Crippen LogP contribution in [0.25, 0.3) is 0 Å². The van der Waals surface area contributed by atoms with E-state index in [-0.39, 0.29) is 18.4 Å². The summed E-state index contributed by atoms with van der Waals surface area (Å²) >= 11 is 0. The number of benzene rings is 1. The van der Waals surface area contributed by atoms with Gasteiger partial charge in [-0.2, -0.15) is 0 Å². The largest absolute Gasteiger partial charge is 0.493 e. The number of nitrogens with zero attached hydrogens (tertiary/aromatic N) is 1. The van der Waals surface area contributed by atoms with Gasteiger partial charge in [0.2, 0.25) is 5.91 Å². The molecule has 0 spiro atoms. The Morgan fingerprint density at radius 1 is 1.29 bits per heavy atom. The standard InChI is InChI=1S/C15H23N3O3/c1-4-17-13(19)10-18(5-2)15(20)14-11(16)8-7-9-12(14)21-6-3/h7-9H,4-6,10,16H2,1-3H3,(H,17,19). The minimum absolute atomic E-state index is 0.00305. The van der Waals surface area contributed by atoms with Gasteiger partial charge in [-0.25, -0.2) is 0 Å². The Hall–Kier alpha value is -2.24. The predicted molar refractivity (Wildman–Crippen MR) is 82.3 cm³/mol. The van der Waals surface area contributed by atoms with Crippen LogP contribution in [0.4, 0.5) is 5.69 Å². The van der Waals surface area contributed by atoms with Crippen LogP contribution in [0.15, 0.2) is 18.2 Å². The number of nitrogens with two attached hydrogens (primary N) is 1. The average molecular weight is 293 g/mol. The van der Waals surface area contributed by atoms with E-state index in [1.54, 1.807) is 18.2 Å². The average Bonchev–Trinajstić information content (AvgIpc) is 2.45. The summed E-state index contributed by atoms with van der Waals surface area (Å²) in [4.78, 5) is 25.7. The Morgan fingerprint density at radius 3 is 2.57 bits per heavy atom. The molecule has 0 saturated carbocycles. The van der Waals surface area contributed by atoms with Gasteiger partial charge in [-0.05, 0) is 32.9 Å². The molecule has 1 rings (SSSR count). The minimum atomic E-state index is -0.301. The highest BCUT2D eigenvalue weighted by Gasteiger charge is 2.22. The molecule has 0 unspecified atom stereocenters. The van der Waals surface area contributed by atoms with Gasteiger partial charge >= 0.3 is 0 Å². The van der Waals surface area contributed by atoms with E-state index in [0.29, 0.717) is 36.7 Å². The fourth-order valence-electron chi connectivity index (χ4n) is 1.96. The zero-order chi connectivity index (χ0) is 15.8. The van der Waals surface area contributed by atoms with Crippen molar-refractivity contribution in [2.75, 3.05) is 32.0 Å². The summed E-state index contributed by atoms with van der Waals surface area (Å²) in [5, 5.41) is 2.68. The van der Waals surface area contributed by atoms with Crippen LogP contribution < -0.4 is 15.8 Å². The van der Waals surface area contributed by atoms with Gasteiger partial charge < -0.3 is 20.7 Å². The monoisotopic (exact) mass is 293 g/mol. The lowest BCUT2D eigenvalue weighted by molar-refractivity contribution is -0.121. The maximum Gasteiger partial charge on any atom is 0.260 e. The van der Waals surface area contributed by atoms with E-state index in [9.17, 15) is 9.59 Å². The molecule has 0 atom stereocenters. The van der Waals surface area contributed by atoms with Crippen LogP contribution in [-0.2, 0) is 4.79 Å². The molecule has 21 heavy (non-hydrogen) atoms. The Bertz CT molecular complexity index is 503. The number of hydrogen-bond donors (Lipinski definition) is 2. The molecular formula is C15H23N3O3. The maximum absolute atomic E-state index is 12.6. The van der Waals surface area contributed by atoms with Gasteiger partial charge in [-0.1, -0.05) is 6.07 Å². The number of nitrogens with one attached hydrogen (secondary N) is 1. The second-order valence-corrected chi connectivity index (χ2v) is 4.43. The number of anilines is 1. The third-order valence-corrected chi connectivity index (χ3v) is 2.95. The van der Waals surface area contributed by atoms with E-state index >= 15 is 0 Å². The van der Waals surface area contributed by atoms with E-state index in [4.69, 9.17) is 10.5 Å². The summed E-state index contributed by atoms with van der Waals surface area (Å²) in [7, 11) is 0. The Balaban J connectivity index is 3.02. The summed E-state index contributed by atoms with van der Waals surface area (Å²) < 4.78 is 5.46. The molecule has 0 aliphatic carbocycles. The molecule has 3 N–H and O–H groups in total. The van der Waals surface area contributed by atoms with Gasteiger partial charge in [0.15, 0.2) is 0 Å². The van der Waals surface area contributed by atoms with Crippen molar-refractivity contribution in [2.24, 2.45) is 0 Å². The Kier molecular flexibility index (Phi) is 6.52. The van der Waals surface area contributed by atoms with Gasteiger partial charge in [0.1, 0.15) is 11.3 Å². The molecule has 0 radical (unpaired) electrons. The summed E-state index contributed by atoms with van der Waals surface area (Å²) in [6.07, 6.45) is 0. The van der Waals surface area contributed by atoms with Crippen LogP contribution >= 0.6 is 0 Å². The van der Waals surface area contributed by atoms with Crippen LogP contribution in [0.1, 0.15) is 31.1 Å². The summed E-state index contributed by atoms with van der Waals surface area (Å²) in [5.74, 6) is -0.0534. The Labute approximate surface area is 125 Å². The fourth-order valence-corrected chi connectivity index (χ4v) is 1.96. The van der Waals surface area contributed by atoms with E-state index in [1.807, 2.05) is 20.8 Å². The highest BCUT2D eigenvalue weighted by Crippen LogP contribution is 2.26. The van der Waals surface area contributed by atoms with Crippen molar-refractivity contribution in [3.8, 4) is 5.75 Å². The molecule has 6 heteroatoms. The molecule has 6 nitrogen and oxygen atoms in total. The predicted octanol–water partition coefficient (Wildman–Crippen LogP) is 1.27. The third-order valence-electron chi connectivity index (χ3n) is 2.95. The normalized spacial score (nSPS) is 10.0. The summed E-state index contributed by atoms with van der Waals surface area (Å²) in [6, 6.07) is 5.08. The van der Waals surface area contributed by atoms with Crippen molar-refractivity contribution in [2.45, 2.75) is 20.8 Å². The molecule has 1 aromatic rings. The second kappa shape index (κ2) is 8.14. The van der Waals surface area contributed by atoms with Crippen molar-refractivity contribution in [3.63, 3.8) is 0 Å². The first-order valence-corrected chi connectivity index (χ1v) is 7.12. The fraction of sp³-hybridized carbons (Fsp3) is 0.467. The highest BCUT2D eigenvalue weighted by atomic mass is 16.5. The number of amides is 2. The number of carbonyl (C=O) groups is 2. The van der Waals surface area contributed by atoms with Crippen LogP contribution in [0.3, 0.4) is 0 Å². The molecule has 0 aliphatic rings. The molecule has 1 aromatic carbocycles. The molecule has 0 fully saturated rings. The highest BCUT2D eigenvalue weighted by molar-refractivity contribution is 6.03. The topological polar surface area (TPSA) is 84.7 Å². The SMILES string of the molecule is CCNC(=O)CN(CC)C(=O)c1c(N)cccc1OCC. The van der Waals surface area contributed by atoms with E-state index in [2.05, 4.69) is 5.32 Å². The van der Waals surface area contributed by atoms with Gasteiger partial charge in [0, 0.05) is 18.8 Å². The third kappa shape index (κ3) is 4.37. The zero-order valence-electron chi connectivity index (χ0n) is 12.8. The van der Waals surface area contributed by atoms with Gasteiger partial charge in [-0.3, -0.25) is 9.59 Å². The van der Waals surface area contributed by atoms with Crippen LogP contribution in [0.2, 0.25) is 0 Å². The van der Waals surface area contributed by atoms with E-state index in [0.717, 1.165) is 0 Å². The number of rotatable bonds is 7. The minimum Gasteiger partial charge on any atom is -0.493 e. The molecular weight excluding hydrogens is 270 g/mol. The number of carbonyl (C=O) groups excluding carboxylic acids is 2. The molecule has 2 amide bonds. The molecule has 0 aliphatic heterocycles. The van der Waals surface area contributed by atoms with Crippen LogP contribution in [0, 0.1) is 0 Å². The zero-order valence-corrected chi connectivity index (χ0v) is 12.8. The number of ether oxygens (including phenoxy) is 1. The van der Waals surface area contributed by atoms with E-state index < -0.39 is 0 Å². The van der Waals surface area contributed by atoms with E-state index in [1.165, 1.54) is 4.90 Å². The number of nitrogen functional groups attached to an aromatic ring is 1. The maximum atomic E-state index is 12.6. The lowest BCUT2D eigenvalue weighted by Crippen LogP contribution is -2.40. The van der Waals surface area contributed by atoms with Gasteiger partial charge in [0.05, 0.1) is 13.2 Å². The smallest absolute Gasteiger partial charge is 0.260 e. The van der Waals surface area contributed by atoms with Crippen LogP contribution in [0.5, 0.6) is 5.75 Å². The second-order valence-electron chi connectivity index (χ2n) is 4.43. The van der Waals surface area contributed by atoms with Crippen molar-refractivity contribution >= 4 is 17.5 Å². The molecule has 0 saturated heterocycles. The molecule has 0 heterocycles. The Morgan fingerprint density at radius 2 is 2.00 bits per heavy atom. The van der Waals surface area contributed by atoms with Gasteiger partial charge in [-0.15, -0.1) is 0 Å². The summed E-state index contributed by atoms with van der Waals surface area (Å²) in [6.45, 7) is 6.87. The van der Waals surface area contributed by atoms with Crippen molar-refractivity contribution in [1.29, 1.82) is 0 Å². The first-order chi connectivity index (χ1) is 10.0. The lowest BCUT2D eigenvalue weighted by atomic mass is 10.1. The molecule has 116 valence electrons. The molecule has 0 bridgehead atoms. The number of likely N-dealkylation sites (N-methyl/N-ethyl adjacent to an activating group) is 2. The number of hydrogen-bond acceptors (Lipinski definition) is 4. The first-order valence-electron chi connectivity index (χ1n) is 7.12. The van der Waals surface area contributed by atoms with Crippen molar-refractivity contribution in [1.82, 2.24) is 10.2 Å². The van der Waals surface area contributed by atoms with Crippen LogP contribution in [-0.4, -0.2) is 43.0 Å². The summed E-state index contributed by atoms with van der Waals surface area (Å²) in [5.41, 5.74) is 6.56. The first kappa shape index (κ1) is 16.8. The molecule has 0 aromatic heterocycles. The van der Waals surface area contributed by atoms with Crippen molar-refractivity contribution < 1.29 is 14.3 Å².